The van der Waals surface area contributed by atoms with Gasteiger partial charge < -0.3 is 19.7 Å². The van der Waals surface area contributed by atoms with Crippen LogP contribution in [0.15, 0.2) is 55.1 Å². The van der Waals surface area contributed by atoms with Crippen LogP contribution in [0.25, 0.3) is 11.1 Å². The molecular weight excluding hydrogens is 530 g/mol. The Labute approximate surface area is 238 Å². The minimum absolute atomic E-state index is 0.187. The maximum absolute atomic E-state index is 6.41. The van der Waals surface area contributed by atoms with Gasteiger partial charge in [-0.15, -0.1) is 5.10 Å². The lowest BCUT2D eigenvalue weighted by Gasteiger charge is -2.39. The molecule has 0 spiro atoms. The van der Waals surface area contributed by atoms with Gasteiger partial charge in [0.15, 0.2) is 0 Å². The van der Waals surface area contributed by atoms with Gasteiger partial charge in [-0.25, -0.2) is 14.6 Å². The van der Waals surface area contributed by atoms with E-state index in [2.05, 4.69) is 52.7 Å². The second-order valence-electron chi connectivity index (χ2n) is 10.2. The van der Waals surface area contributed by atoms with E-state index in [0.717, 1.165) is 42.2 Å². The van der Waals surface area contributed by atoms with E-state index < -0.39 is 0 Å². The van der Waals surface area contributed by atoms with E-state index in [9.17, 15) is 0 Å². The van der Waals surface area contributed by atoms with Crippen molar-refractivity contribution in [1.29, 1.82) is 0 Å². The summed E-state index contributed by atoms with van der Waals surface area (Å²) in [6.45, 7) is 6.89. The number of anilines is 3. The first-order valence-corrected chi connectivity index (χ1v) is 13.9. The smallest absolute Gasteiger partial charge is 0.227 e. The molecule has 11 nitrogen and oxygen atoms in total. The number of nitrogens with zero attached hydrogens (tertiary/aromatic N) is 8. The number of rotatable bonds is 9. The number of benzene rings is 2. The summed E-state index contributed by atoms with van der Waals surface area (Å²) in [6.07, 6.45) is 7.49. The van der Waals surface area contributed by atoms with Crippen LogP contribution in [0.5, 0.6) is 11.5 Å². The van der Waals surface area contributed by atoms with Crippen molar-refractivity contribution in [1.82, 2.24) is 35.1 Å². The highest BCUT2D eigenvalue weighted by molar-refractivity contribution is 6.32. The van der Waals surface area contributed by atoms with Gasteiger partial charge in [-0.3, -0.25) is 4.90 Å². The van der Waals surface area contributed by atoms with Crippen LogP contribution in [0, 0.1) is 0 Å². The number of hydrogen-bond donors (Lipinski definition) is 1. The quantitative estimate of drug-likeness (QED) is 0.318. The maximum Gasteiger partial charge on any atom is 0.227 e. The Morgan fingerprint density at radius 2 is 1.93 bits per heavy atom. The number of tetrazole rings is 1. The molecule has 0 aliphatic carbocycles. The van der Waals surface area contributed by atoms with E-state index >= 15 is 0 Å². The molecule has 2 aliphatic heterocycles. The first-order valence-electron chi connectivity index (χ1n) is 13.5. The number of nitrogens with one attached hydrogen (secondary N) is 1. The van der Waals surface area contributed by atoms with Crippen LogP contribution < -0.4 is 19.7 Å². The van der Waals surface area contributed by atoms with Gasteiger partial charge in [-0.2, -0.15) is 0 Å². The van der Waals surface area contributed by atoms with E-state index in [-0.39, 0.29) is 6.10 Å². The van der Waals surface area contributed by atoms with E-state index in [1.165, 1.54) is 25.1 Å². The Balaban J connectivity index is 1.12. The number of ether oxygens (including phenoxy) is 2. The molecule has 0 radical (unpaired) electrons. The molecule has 1 N–H and O–H groups in total. The van der Waals surface area contributed by atoms with Gasteiger partial charge in [0.25, 0.3) is 0 Å². The number of hydrogen-bond acceptors (Lipinski definition) is 10. The Morgan fingerprint density at radius 3 is 2.73 bits per heavy atom. The standard InChI is InChI=1S/C28H32ClN9O2/c1-19(16-38-18-32-34-35-38)40-26-12-20(5-7-24(26)29)21-14-30-28(31-15-21)33-25-8-6-22(13-27(25)39-2)37-11-10-36-9-3-4-23(36)17-37/h5-8,12-15,18-19,23H,3-4,9-11,16-17H2,1-2H3,(H,30,31,33)/t19-,23?/m0/s1. The van der Waals surface area contributed by atoms with Crippen LogP contribution in [0.4, 0.5) is 17.3 Å². The van der Waals surface area contributed by atoms with Crippen molar-refractivity contribution in [3.63, 3.8) is 0 Å². The molecule has 2 aromatic carbocycles. The summed E-state index contributed by atoms with van der Waals surface area (Å²) in [5.41, 5.74) is 3.73. The Kier molecular flexibility index (Phi) is 7.65. The minimum atomic E-state index is -0.187. The molecular formula is C28H32ClN9O2. The Bertz CT molecular complexity index is 1430. The number of methoxy groups -OCH3 is 1. The van der Waals surface area contributed by atoms with Gasteiger partial charge in [0.1, 0.15) is 23.9 Å². The molecule has 2 fully saturated rings. The van der Waals surface area contributed by atoms with Crippen LogP contribution in [0.3, 0.4) is 0 Å². The molecule has 2 aliphatic rings. The topological polar surface area (TPSA) is 106 Å². The van der Waals surface area contributed by atoms with Crippen molar-refractivity contribution >= 4 is 28.9 Å². The minimum Gasteiger partial charge on any atom is -0.494 e. The van der Waals surface area contributed by atoms with Crippen molar-refractivity contribution in [2.75, 3.05) is 43.5 Å². The van der Waals surface area contributed by atoms with E-state index in [0.29, 0.717) is 29.3 Å². The Morgan fingerprint density at radius 1 is 1.05 bits per heavy atom. The molecule has 2 atom stereocenters. The van der Waals surface area contributed by atoms with Gasteiger partial charge in [0.05, 0.1) is 24.4 Å². The molecule has 6 rings (SSSR count). The first-order chi connectivity index (χ1) is 19.6. The largest absolute Gasteiger partial charge is 0.494 e. The highest BCUT2D eigenvalue weighted by Gasteiger charge is 2.30. The van der Waals surface area contributed by atoms with Crippen molar-refractivity contribution in [3.8, 4) is 22.6 Å². The monoisotopic (exact) mass is 561 g/mol. The molecule has 0 saturated carbocycles. The van der Waals surface area contributed by atoms with Crippen molar-refractivity contribution < 1.29 is 9.47 Å². The molecule has 0 amide bonds. The average molecular weight is 562 g/mol. The third-order valence-electron chi connectivity index (χ3n) is 7.46. The molecule has 1 unspecified atom stereocenters. The third kappa shape index (κ3) is 5.80. The number of piperazine rings is 1. The van der Waals surface area contributed by atoms with Gasteiger partial charge in [0.2, 0.25) is 5.95 Å². The molecule has 2 saturated heterocycles. The fourth-order valence-electron chi connectivity index (χ4n) is 5.42. The number of halogens is 1. The highest BCUT2D eigenvalue weighted by atomic mass is 35.5. The van der Waals surface area contributed by atoms with E-state index in [1.54, 1.807) is 36.6 Å². The molecule has 12 heteroatoms. The zero-order chi connectivity index (χ0) is 27.5. The maximum atomic E-state index is 6.41. The normalized spacial score (nSPS) is 17.9. The summed E-state index contributed by atoms with van der Waals surface area (Å²) >= 11 is 6.41. The van der Waals surface area contributed by atoms with Gasteiger partial charge in [0, 0.05) is 55.4 Å². The fourth-order valence-corrected chi connectivity index (χ4v) is 5.58. The lowest BCUT2D eigenvalue weighted by atomic mass is 10.1. The van der Waals surface area contributed by atoms with E-state index in [1.807, 2.05) is 25.1 Å². The second kappa shape index (κ2) is 11.6. The number of aromatic nitrogens is 6. The predicted octanol–water partition coefficient (Wildman–Crippen LogP) is 4.29. The molecule has 2 aromatic heterocycles. The zero-order valence-electron chi connectivity index (χ0n) is 22.6. The van der Waals surface area contributed by atoms with Crippen LogP contribution in [0.1, 0.15) is 19.8 Å². The summed E-state index contributed by atoms with van der Waals surface area (Å²) in [5.74, 6) is 1.81. The summed E-state index contributed by atoms with van der Waals surface area (Å²) in [5, 5.41) is 15.0. The molecule has 0 bridgehead atoms. The predicted molar refractivity (Wildman–Crippen MR) is 153 cm³/mol. The lowest BCUT2D eigenvalue weighted by Crippen LogP contribution is -2.50. The highest BCUT2D eigenvalue weighted by Crippen LogP contribution is 2.34. The molecule has 4 heterocycles. The van der Waals surface area contributed by atoms with Gasteiger partial charge in [-0.1, -0.05) is 17.7 Å². The zero-order valence-corrected chi connectivity index (χ0v) is 23.3. The van der Waals surface area contributed by atoms with E-state index in [4.69, 9.17) is 21.1 Å². The Hall–Kier alpha value is -3.96. The van der Waals surface area contributed by atoms with Crippen LogP contribution in [-0.4, -0.2) is 80.5 Å². The van der Waals surface area contributed by atoms with Gasteiger partial charge >= 0.3 is 0 Å². The summed E-state index contributed by atoms with van der Waals surface area (Å²) in [7, 11) is 1.69. The van der Waals surface area contributed by atoms with Crippen molar-refractivity contribution in [2.24, 2.45) is 0 Å². The molecule has 40 heavy (non-hydrogen) atoms. The van der Waals surface area contributed by atoms with Crippen LogP contribution in [0.2, 0.25) is 5.02 Å². The second-order valence-corrected chi connectivity index (χ2v) is 10.6. The van der Waals surface area contributed by atoms with Crippen molar-refractivity contribution in [3.05, 3.63) is 60.1 Å². The van der Waals surface area contributed by atoms with Crippen LogP contribution in [-0.2, 0) is 6.54 Å². The lowest BCUT2D eigenvalue weighted by molar-refractivity contribution is 0.193. The first kappa shape index (κ1) is 26.3. The number of fused-ring (bicyclic) bond motifs is 1. The SMILES string of the molecule is COc1cc(N2CCN3CCCC3C2)ccc1Nc1ncc(-c2ccc(Cl)c(O[C@@H](C)Cn3cnnn3)c2)cn1. The summed E-state index contributed by atoms with van der Waals surface area (Å²) < 4.78 is 13.4. The third-order valence-corrected chi connectivity index (χ3v) is 7.78. The molecule has 208 valence electrons. The molecule has 4 aromatic rings. The van der Waals surface area contributed by atoms with Crippen LogP contribution >= 0.6 is 11.6 Å². The summed E-state index contributed by atoms with van der Waals surface area (Å²) in [4.78, 5) is 14.2. The van der Waals surface area contributed by atoms with Gasteiger partial charge in [-0.05, 0) is 66.6 Å². The summed E-state index contributed by atoms with van der Waals surface area (Å²) in [6, 6.07) is 12.5. The fraction of sp³-hybridized carbons (Fsp3) is 0.393. The van der Waals surface area contributed by atoms with Crippen molar-refractivity contribution in [2.45, 2.75) is 38.5 Å². The average Bonchev–Trinajstić information content (AvgIpc) is 3.66.